The lowest BCUT2D eigenvalue weighted by molar-refractivity contribution is 0.0272. The second kappa shape index (κ2) is 4.38. The van der Waals surface area contributed by atoms with E-state index in [-0.39, 0.29) is 6.10 Å². The van der Waals surface area contributed by atoms with E-state index in [1.165, 1.54) is 0 Å². The molecule has 0 atom stereocenters. The number of aromatic nitrogens is 1. The third-order valence-electron chi connectivity index (χ3n) is 2.70. The fourth-order valence-electron chi connectivity index (χ4n) is 1.95. The van der Waals surface area contributed by atoms with Gasteiger partial charge in [-0.1, -0.05) is 0 Å². The highest BCUT2D eigenvalue weighted by atomic mass is 32.1. The summed E-state index contributed by atoms with van der Waals surface area (Å²) in [6.45, 7) is 2.00. The average molecular weight is 212 g/mol. The van der Waals surface area contributed by atoms with Crippen molar-refractivity contribution in [2.75, 3.05) is 13.6 Å². The lowest BCUT2D eigenvalue weighted by atomic mass is 9.82. The fraction of sp³-hybridized carbons (Fsp3) is 0.700. The Balaban J connectivity index is 1.71. The number of thiazole rings is 1. The number of hydrogen-bond donors (Lipinski definition) is 1. The van der Waals surface area contributed by atoms with Crippen LogP contribution >= 0.6 is 11.3 Å². The molecule has 0 aromatic carbocycles. The molecule has 0 unspecified atom stereocenters. The van der Waals surface area contributed by atoms with Crippen LogP contribution in [0.1, 0.15) is 18.5 Å². The highest BCUT2D eigenvalue weighted by Crippen LogP contribution is 2.27. The molecule has 0 spiro atoms. The summed E-state index contributed by atoms with van der Waals surface area (Å²) in [4.78, 5) is 6.53. The maximum absolute atomic E-state index is 9.16. The average Bonchev–Trinajstić information content (AvgIpc) is 2.54. The first-order valence-corrected chi connectivity index (χ1v) is 5.92. The monoisotopic (exact) mass is 212 g/mol. The fourth-order valence-corrected chi connectivity index (χ4v) is 2.50. The largest absolute Gasteiger partial charge is 0.393 e. The van der Waals surface area contributed by atoms with E-state index in [4.69, 9.17) is 5.11 Å². The van der Waals surface area contributed by atoms with Crippen LogP contribution in [0, 0.1) is 5.92 Å². The SMILES string of the molecule is CN(Cc1cscn1)CC1CC(O)C1. The van der Waals surface area contributed by atoms with E-state index >= 15 is 0 Å². The first-order chi connectivity index (χ1) is 6.74. The molecule has 0 amide bonds. The van der Waals surface area contributed by atoms with Crippen molar-refractivity contribution in [3.05, 3.63) is 16.6 Å². The summed E-state index contributed by atoms with van der Waals surface area (Å²) in [6, 6.07) is 0. The van der Waals surface area contributed by atoms with Gasteiger partial charge in [-0.15, -0.1) is 11.3 Å². The molecule has 1 fully saturated rings. The molecule has 4 heteroatoms. The molecule has 0 radical (unpaired) electrons. The Bertz CT molecular complexity index is 270. The van der Waals surface area contributed by atoms with Crippen LogP contribution in [-0.2, 0) is 6.54 Å². The molecule has 1 saturated carbocycles. The Morgan fingerprint density at radius 3 is 3.00 bits per heavy atom. The van der Waals surface area contributed by atoms with Gasteiger partial charge >= 0.3 is 0 Å². The zero-order valence-corrected chi connectivity index (χ0v) is 9.20. The number of hydrogen-bond acceptors (Lipinski definition) is 4. The third-order valence-corrected chi connectivity index (χ3v) is 3.33. The number of aliphatic hydroxyl groups is 1. The molecule has 1 aliphatic carbocycles. The molecule has 0 saturated heterocycles. The molecule has 1 heterocycles. The Morgan fingerprint density at radius 2 is 2.43 bits per heavy atom. The Hall–Kier alpha value is -0.450. The van der Waals surface area contributed by atoms with Gasteiger partial charge in [-0.05, 0) is 25.8 Å². The molecule has 1 aromatic rings. The Labute approximate surface area is 88.4 Å². The van der Waals surface area contributed by atoms with Crippen LogP contribution < -0.4 is 0 Å². The maximum Gasteiger partial charge on any atom is 0.0795 e. The van der Waals surface area contributed by atoms with Gasteiger partial charge in [0.25, 0.3) is 0 Å². The van der Waals surface area contributed by atoms with Crippen LogP contribution in [0.15, 0.2) is 10.9 Å². The van der Waals surface area contributed by atoms with Crippen LogP contribution in [-0.4, -0.2) is 34.7 Å². The summed E-state index contributed by atoms with van der Waals surface area (Å²) in [5.74, 6) is 0.689. The van der Waals surface area contributed by atoms with Crippen molar-refractivity contribution >= 4 is 11.3 Å². The van der Waals surface area contributed by atoms with Crippen molar-refractivity contribution in [3.8, 4) is 0 Å². The van der Waals surface area contributed by atoms with Crippen molar-refractivity contribution in [1.29, 1.82) is 0 Å². The first kappa shape index (κ1) is 10.1. The van der Waals surface area contributed by atoms with Gasteiger partial charge in [-0.2, -0.15) is 0 Å². The standard InChI is InChI=1S/C10H16N2OS/c1-12(4-8-2-10(13)3-8)5-9-6-14-7-11-9/h6-8,10,13H,2-5H2,1H3. The maximum atomic E-state index is 9.16. The van der Waals surface area contributed by atoms with Gasteiger partial charge in [0.2, 0.25) is 0 Å². The highest BCUT2D eigenvalue weighted by Gasteiger charge is 2.27. The van der Waals surface area contributed by atoms with Crippen LogP contribution in [0.5, 0.6) is 0 Å². The molecule has 0 aliphatic heterocycles. The highest BCUT2D eigenvalue weighted by molar-refractivity contribution is 7.07. The molecular formula is C10H16N2OS. The molecule has 3 nitrogen and oxygen atoms in total. The first-order valence-electron chi connectivity index (χ1n) is 4.97. The minimum Gasteiger partial charge on any atom is -0.393 e. The predicted octanol–water partition coefficient (Wildman–Crippen LogP) is 1.35. The summed E-state index contributed by atoms with van der Waals surface area (Å²) in [5.41, 5.74) is 3.02. The van der Waals surface area contributed by atoms with Crippen LogP contribution in [0.3, 0.4) is 0 Å². The van der Waals surface area contributed by atoms with Gasteiger partial charge in [0, 0.05) is 18.5 Å². The van der Waals surface area contributed by atoms with Gasteiger partial charge in [0.05, 0.1) is 17.3 Å². The molecule has 78 valence electrons. The van der Waals surface area contributed by atoms with Gasteiger partial charge < -0.3 is 10.0 Å². The number of aliphatic hydroxyl groups excluding tert-OH is 1. The lowest BCUT2D eigenvalue weighted by Gasteiger charge is -2.34. The van der Waals surface area contributed by atoms with E-state index in [9.17, 15) is 0 Å². The topological polar surface area (TPSA) is 36.4 Å². The summed E-state index contributed by atoms with van der Waals surface area (Å²) >= 11 is 1.64. The molecular weight excluding hydrogens is 196 g/mol. The zero-order chi connectivity index (χ0) is 9.97. The zero-order valence-electron chi connectivity index (χ0n) is 8.39. The molecule has 1 N–H and O–H groups in total. The lowest BCUT2D eigenvalue weighted by Crippen LogP contribution is -2.36. The summed E-state index contributed by atoms with van der Waals surface area (Å²) in [6.07, 6.45) is 1.91. The van der Waals surface area contributed by atoms with Gasteiger partial charge in [-0.25, -0.2) is 4.98 Å². The normalized spacial score (nSPS) is 26.5. The van der Waals surface area contributed by atoms with Crippen molar-refractivity contribution in [2.45, 2.75) is 25.5 Å². The van der Waals surface area contributed by atoms with Gasteiger partial charge in [0.15, 0.2) is 0 Å². The third kappa shape index (κ3) is 2.53. The van der Waals surface area contributed by atoms with Crippen molar-refractivity contribution in [1.82, 2.24) is 9.88 Å². The Kier molecular flexibility index (Phi) is 3.15. The predicted molar refractivity (Wildman–Crippen MR) is 57.2 cm³/mol. The molecule has 1 aromatic heterocycles. The number of nitrogens with zero attached hydrogens (tertiary/aromatic N) is 2. The second-order valence-corrected chi connectivity index (χ2v) is 4.89. The van der Waals surface area contributed by atoms with E-state index in [2.05, 4.69) is 22.3 Å². The number of rotatable bonds is 4. The van der Waals surface area contributed by atoms with Crippen molar-refractivity contribution in [3.63, 3.8) is 0 Å². The molecule has 1 aliphatic rings. The summed E-state index contributed by atoms with van der Waals surface area (Å²) < 4.78 is 0. The summed E-state index contributed by atoms with van der Waals surface area (Å²) in [5, 5.41) is 11.2. The van der Waals surface area contributed by atoms with E-state index in [0.29, 0.717) is 5.92 Å². The van der Waals surface area contributed by atoms with E-state index < -0.39 is 0 Å². The van der Waals surface area contributed by atoms with E-state index in [0.717, 1.165) is 31.6 Å². The van der Waals surface area contributed by atoms with E-state index in [1.807, 2.05) is 5.51 Å². The second-order valence-electron chi connectivity index (χ2n) is 4.17. The summed E-state index contributed by atoms with van der Waals surface area (Å²) in [7, 11) is 2.12. The van der Waals surface area contributed by atoms with Gasteiger partial charge in [-0.3, -0.25) is 0 Å². The van der Waals surface area contributed by atoms with Crippen LogP contribution in [0.2, 0.25) is 0 Å². The minimum absolute atomic E-state index is 0.0346. The van der Waals surface area contributed by atoms with Crippen LogP contribution in [0.4, 0.5) is 0 Å². The molecule has 0 bridgehead atoms. The minimum atomic E-state index is -0.0346. The van der Waals surface area contributed by atoms with Crippen molar-refractivity contribution in [2.24, 2.45) is 5.92 Å². The van der Waals surface area contributed by atoms with E-state index in [1.54, 1.807) is 11.3 Å². The smallest absolute Gasteiger partial charge is 0.0795 e. The Morgan fingerprint density at radius 1 is 1.64 bits per heavy atom. The molecule has 14 heavy (non-hydrogen) atoms. The van der Waals surface area contributed by atoms with Crippen molar-refractivity contribution < 1.29 is 5.11 Å². The quantitative estimate of drug-likeness (QED) is 0.818. The molecule has 2 rings (SSSR count). The van der Waals surface area contributed by atoms with Gasteiger partial charge in [0.1, 0.15) is 0 Å². The van der Waals surface area contributed by atoms with Crippen LogP contribution in [0.25, 0.3) is 0 Å².